The lowest BCUT2D eigenvalue weighted by Gasteiger charge is -2.14. The molecule has 0 unspecified atom stereocenters. The van der Waals surface area contributed by atoms with Gasteiger partial charge >= 0.3 is 0 Å². The first-order valence-electron chi connectivity index (χ1n) is 26.5. The zero-order valence-corrected chi connectivity index (χ0v) is 41.9. The predicted octanol–water partition coefficient (Wildman–Crippen LogP) is 18.5. The number of aromatic nitrogens is 6. The zero-order valence-electron chi connectivity index (χ0n) is 41.9. The van der Waals surface area contributed by atoms with Gasteiger partial charge in [-0.2, -0.15) is 0 Å². The Bertz CT molecular complexity index is 5380. The average Bonchev–Trinajstić information content (AvgIpc) is 4.27. The van der Waals surface area contributed by atoms with Gasteiger partial charge in [0.05, 0.1) is 55.5 Å². The molecule has 0 saturated carbocycles. The first-order valence-corrected chi connectivity index (χ1v) is 26.5. The number of pyridine rings is 2. The molecule has 0 radical (unpaired) electrons. The van der Waals surface area contributed by atoms with E-state index in [1.54, 1.807) is 0 Å². The number of hydrogen-bond donors (Lipinski definition) is 0. The summed E-state index contributed by atoms with van der Waals surface area (Å²) < 4.78 is 4.64. The molecule has 0 spiro atoms. The molecule has 12 aromatic carbocycles. The molecule has 0 aliphatic heterocycles. The SMILES string of the molecule is c1ccc2nc(-c3ccc4c5ccccc5c5nc6ccccc6n5c4c3)c(-c3ccc(-c4ccc5c(c4)cc(-c4ccc(-c6ccc7c8ccccc8c8nc9ccccc9n8c7c6)cc4)c4ccccc45)cc3)nc2c1. The molecule has 0 N–H and O–H groups in total. The Hall–Kier alpha value is -10.6. The molecule has 0 aliphatic carbocycles. The van der Waals surface area contributed by atoms with Crippen LogP contribution in [0.15, 0.2) is 255 Å². The van der Waals surface area contributed by atoms with Crippen LogP contribution >= 0.6 is 0 Å². The van der Waals surface area contributed by atoms with E-state index in [0.29, 0.717) is 0 Å². The van der Waals surface area contributed by atoms with Crippen LogP contribution in [0.1, 0.15) is 0 Å². The van der Waals surface area contributed by atoms with Gasteiger partial charge in [-0.25, -0.2) is 19.9 Å². The van der Waals surface area contributed by atoms with Crippen molar-refractivity contribution in [3.8, 4) is 55.9 Å². The highest BCUT2D eigenvalue weighted by molar-refractivity contribution is 6.17. The maximum Gasteiger partial charge on any atom is 0.146 e. The van der Waals surface area contributed by atoms with E-state index in [2.05, 4.69) is 239 Å². The highest BCUT2D eigenvalue weighted by Gasteiger charge is 2.20. The topological polar surface area (TPSA) is 60.4 Å². The van der Waals surface area contributed by atoms with Crippen LogP contribution in [0.25, 0.3) is 165 Å². The average molecular weight is 991 g/mol. The van der Waals surface area contributed by atoms with E-state index in [1.807, 2.05) is 24.3 Å². The summed E-state index contributed by atoms with van der Waals surface area (Å²) in [6, 6.07) is 91.7. The van der Waals surface area contributed by atoms with E-state index in [0.717, 1.165) is 105 Å². The highest BCUT2D eigenvalue weighted by Crippen LogP contribution is 2.41. The van der Waals surface area contributed by atoms with E-state index < -0.39 is 0 Å². The fraction of sp³-hybridized carbons (Fsp3) is 0. The Labute approximate surface area is 446 Å². The van der Waals surface area contributed by atoms with Gasteiger partial charge in [0.15, 0.2) is 0 Å². The van der Waals surface area contributed by atoms with E-state index in [4.69, 9.17) is 19.9 Å². The van der Waals surface area contributed by atoms with Crippen molar-refractivity contribution >= 4 is 109 Å². The molecular weight excluding hydrogens is 949 g/mol. The lowest BCUT2D eigenvalue weighted by Crippen LogP contribution is -1.97. The van der Waals surface area contributed by atoms with Crippen LogP contribution in [0, 0.1) is 0 Å². The number of hydrogen-bond acceptors (Lipinski definition) is 4. The molecule has 17 aromatic rings. The number of rotatable bonds is 5. The summed E-state index contributed by atoms with van der Waals surface area (Å²) in [6.45, 7) is 0. The molecule has 5 heterocycles. The van der Waals surface area contributed by atoms with E-state index >= 15 is 0 Å². The highest BCUT2D eigenvalue weighted by atomic mass is 15.0. The molecule has 0 saturated heterocycles. The number of benzene rings is 12. The van der Waals surface area contributed by atoms with Crippen molar-refractivity contribution in [1.82, 2.24) is 28.7 Å². The minimum absolute atomic E-state index is 0.836. The molecule has 78 heavy (non-hydrogen) atoms. The van der Waals surface area contributed by atoms with Crippen molar-refractivity contribution < 1.29 is 0 Å². The molecule has 6 nitrogen and oxygen atoms in total. The predicted molar refractivity (Wildman–Crippen MR) is 324 cm³/mol. The summed E-state index contributed by atoms with van der Waals surface area (Å²) in [6.07, 6.45) is 0. The molecule has 5 aromatic heterocycles. The number of nitrogens with zero attached hydrogens (tertiary/aromatic N) is 6. The maximum absolute atomic E-state index is 5.36. The summed E-state index contributed by atoms with van der Waals surface area (Å²) in [5, 5.41) is 11.9. The minimum Gasteiger partial charge on any atom is -0.292 e. The van der Waals surface area contributed by atoms with Gasteiger partial charge in [-0.3, -0.25) is 8.80 Å². The molecular formula is C72H42N6. The second-order valence-corrected chi connectivity index (χ2v) is 20.5. The van der Waals surface area contributed by atoms with E-state index in [1.165, 1.54) is 60.0 Å². The smallest absolute Gasteiger partial charge is 0.146 e. The Morgan fingerprint density at radius 2 is 0.603 bits per heavy atom. The van der Waals surface area contributed by atoms with Gasteiger partial charge in [-0.1, -0.05) is 194 Å². The Balaban J connectivity index is 0.748. The molecule has 0 amide bonds. The van der Waals surface area contributed by atoms with Gasteiger partial charge < -0.3 is 0 Å². The van der Waals surface area contributed by atoms with Crippen molar-refractivity contribution in [2.45, 2.75) is 0 Å². The van der Waals surface area contributed by atoms with Crippen LogP contribution in [0.4, 0.5) is 0 Å². The quantitative estimate of drug-likeness (QED) is 0.161. The largest absolute Gasteiger partial charge is 0.292 e. The molecule has 0 aliphatic rings. The fourth-order valence-electron chi connectivity index (χ4n) is 12.5. The Morgan fingerprint density at radius 1 is 0.218 bits per heavy atom. The summed E-state index contributed by atoms with van der Waals surface area (Å²) in [4.78, 5) is 21.0. The Morgan fingerprint density at radius 3 is 1.17 bits per heavy atom. The molecule has 17 rings (SSSR count). The third kappa shape index (κ3) is 6.38. The minimum atomic E-state index is 0.836. The summed E-state index contributed by atoms with van der Waals surface area (Å²) >= 11 is 0. The molecule has 360 valence electrons. The molecule has 0 atom stereocenters. The zero-order chi connectivity index (χ0) is 51.0. The van der Waals surface area contributed by atoms with Crippen LogP contribution < -0.4 is 0 Å². The van der Waals surface area contributed by atoms with Crippen LogP contribution in [0.2, 0.25) is 0 Å². The van der Waals surface area contributed by atoms with Gasteiger partial charge in [-0.15, -0.1) is 0 Å². The van der Waals surface area contributed by atoms with Crippen LogP contribution in [-0.2, 0) is 0 Å². The lowest BCUT2D eigenvalue weighted by molar-refractivity contribution is 1.28. The number of fused-ring (bicyclic) bond motifs is 20. The standard InChI is InChI=1S/C72H42N6/c1-2-14-53-52(13-1)51-36-33-47(39-50(51)40-60(53)45-29-25-44(26-30-45)48-34-37-56-54-15-3-5-17-58(54)71-75-63-21-9-11-23-65(63)77(71)67(56)41-48)43-27-31-46(32-28-43)69-70(74-62-20-8-7-19-61(62)73-69)49-35-38-57-55-16-4-6-18-59(55)72-76-64-22-10-12-24-66(64)78(72)68(57)42-49/h1-42H. The van der Waals surface area contributed by atoms with Gasteiger partial charge in [0, 0.05) is 32.7 Å². The van der Waals surface area contributed by atoms with Gasteiger partial charge in [0.25, 0.3) is 0 Å². The van der Waals surface area contributed by atoms with Gasteiger partial charge in [0.2, 0.25) is 0 Å². The van der Waals surface area contributed by atoms with Crippen molar-refractivity contribution in [2.75, 3.05) is 0 Å². The summed E-state index contributed by atoms with van der Waals surface area (Å²) in [5.74, 6) is 0. The second kappa shape index (κ2) is 16.5. The van der Waals surface area contributed by atoms with Gasteiger partial charge in [0.1, 0.15) is 11.3 Å². The molecule has 0 fully saturated rings. The fourth-order valence-corrected chi connectivity index (χ4v) is 12.5. The molecule has 0 bridgehead atoms. The first kappa shape index (κ1) is 42.8. The lowest BCUT2D eigenvalue weighted by atomic mass is 9.90. The van der Waals surface area contributed by atoms with Crippen molar-refractivity contribution in [3.63, 3.8) is 0 Å². The monoisotopic (exact) mass is 990 g/mol. The summed E-state index contributed by atoms with van der Waals surface area (Å²) in [7, 11) is 0. The first-order chi connectivity index (χ1) is 38.6. The van der Waals surface area contributed by atoms with Crippen LogP contribution in [0.5, 0.6) is 0 Å². The van der Waals surface area contributed by atoms with Crippen LogP contribution in [-0.4, -0.2) is 28.7 Å². The number of para-hydroxylation sites is 6. The molecule has 6 heteroatoms. The second-order valence-electron chi connectivity index (χ2n) is 20.5. The van der Waals surface area contributed by atoms with E-state index in [9.17, 15) is 0 Å². The Kier molecular flexibility index (Phi) is 9.03. The van der Waals surface area contributed by atoms with Crippen molar-refractivity contribution in [2.24, 2.45) is 0 Å². The summed E-state index contributed by atoms with van der Waals surface area (Å²) in [5.41, 5.74) is 20.7. The van der Waals surface area contributed by atoms with E-state index in [-0.39, 0.29) is 0 Å². The normalized spacial score (nSPS) is 12.1. The maximum atomic E-state index is 5.36. The van der Waals surface area contributed by atoms with Crippen molar-refractivity contribution in [3.05, 3.63) is 255 Å². The van der Waals surface area contributed by atoms with Gasteiger partial charge in [-0.05, 0) is 126 Å². The van der Waals surface area contributed by atoms with Crippen molar-refractivity contribution in [1.29, 1.82) is 0 Å². The third-order valence-corrected chi connectivity index (χ3v) is 16.2. The third-order valence-electron chi connectivity index (χ3n) is 16.2. The number of imidazole rings is 2. The van der Waals surface area contributed by atoms with Crippen LogP contribution in [0.3, 0.4) is 0 Å².